The molecule has 0 aliphatic heterocycles. The van der Waals surface area contributed by atoms with Crippen molar-refractivity contribution in [3.05, 3.63) is 93.5 Å². The topological polar surface area (TPSA) is 77.0 Å². The van der Waals surface area contributed by atoms with Crippen LogP contribution in [0.25, 0.3) is 0 Å². The Morgan fingerprint density at radius 1 is 0.967 bits per heavy atom. The van der Waals surface area contributed by atoms with Gasteiger partial charge < -0.3 is 9.47 Å². The predicted octanol–water partition coefficient (Wildman–Crippen LogP) is 4.99. The number of hydrogen-bond donors (Lipinski definition) is 1. The van der Waals surface area contributed by atoms with Crippen LogP contribution in [-0.4, -0.2) is 25.2 Å². The van der Waals surface area contributed by atoms with Gasteiger partial charge in [0.25, 0.3) is 5.91 Å². The van der Waals surface area contributed by atoms with Crippen LogP contribution in [-0.2, 0) is 0 Å². The Kier molecular flexibility index (Phi) is 7.06. The van der Waals surface area contributed by atoms with Gasteiger partial charge in [-0.3, -0.25) is 4.79 Å². The number of carbonyl (C=O) groups is 2. The summed E-state index contributed by atoms with van der Waals surface area (Å²) in [6.45, 7) is 0. The number of esters is 1. The summed E-state index contributed by atoms with van der Waals surface area (Å²) < 4.78 is 10.4. The molecule has 0 spiro atoms. The molecular weight excluding hydrogens is 427 g/mol. The van der Waals surface area contributed by atoms with E-state index >= 15 is 0 Å². The van der Waals surface area contributed by atoms with Crippen molar-refractivity contribution in [2.45, 2.75) is 0 Å². The maximum Gasteiger partial charge on any atom is 0.345 e. The first-order valence-corrected chi connectivity index (χ1v) is 9.46. The molecule has 0 saturated heterocycles. The third kappa shape index (κ3) is 5.59. The molecule has 1 N–H and O–H groups in total. The fraction of sp³-hybridized carbons (Fsp3) is 0.0455. The molecule has 3 aromatic rings. The van der Waals surface area contributed by atoms with Crippen LogP contribution in [0.2, 0.25) is 10.0 Å². The Hall–Kier alpha value is -3.35. The predicted molar refractivity (Wildman–Crippen MR) is 116 cm³/mol. The minimum Gasteiger partial charge on any atom is -0.497 e. The summed E-state index contributed by atoms with van der Waals surface area (Å²) >= 11 is 11.9. The zero-order valence-electron chi connectivity index (χ0n) is 15.8. The maximum absolute atomic E-state index is 12.3. The van der Waals surface area contributed by atoms with Crippen LogP contribution in [0.15, 0.2) is 71.8 Å². The summed E-state index contributed by atoms with van der Waals surface area (Å²) in [5.74, 6) is -0.127. The van der Waals surface area contributed by atoms with Gasteiger partial charge >= 0.3 is 5.97 Å². The molecule has 152 valence electrons. The second-order valence-corrected chi connectivity index (χ2v) is 6.86. The minimum atomic E-state index is -0.614. The van der Waals surface area contributed by atoms with Crippen LogP contribution in [0.1, 0.15) is 26.3 Å². The van der Waals surface area contributed by atoms with Gasteiger partial charge in [-0.2, -0.15) is 5.10 Å². The molecular formula is C22H16Cl2N2O4. The molecule has 0 aromatic heterocycles. The van der Waals surface area contributed by atoms with Gasteiger partial charge in [-0.1, -0.05) is 41.4 Å². The average Bonchev–Trinajstić information content (AvgIpc) is 2.74. The minimum absolute atomic E-state index is 0.200. The molecule has 3 rings (SSSR count). The second kappa shape index (κ2) is 9.91. The fourth-order valence-electron chi connectivity index (χ4n) is 2.47. The van der Waals surface area contributed by atoms with Crippen LogP contribution in [0, 0.1) is 0 Å². The van der Waals surface area contributed by atoms with E-state index in [-0.39, 0.29) is 16.5 Å². The summed E-state index contributed by atoms with van der Waals surface area (Å²) in [4.78, 5) is 24.5. The van der Waals surface area contributed by atoms with Gasteiger partial charge in [0.15, 0.2) is 0 Å². The average molecular weight is 443 g/mol. The number of nitrogens with one attached hydrogen (secondary N) is 1. The highest BCUT2D eigenvalue weighted by Gasteiger charge is 2.13. The number of benzene rings is 3. The molecule has 0 radical (unpaired) electrons. The van der Waals surface area contributed by atoms with E-state index in [9.17, 15) is 9.59 Å². The van der Waals surface area contributed by atoms with E-state index in [1.807, 2.05) is 0 Å². The van der Waals surface area contributed by atoms with Gasteiger partial charge in [0.05, 0.1) is 23.9 Å². The van der Waals surface area contributed by atoms with Crippen molar-refractivity contribution in [3.8, 4) is 11.5 Å². The molecule has 0 saturated carbocycles. The SMILES string of the molecule is COc1cccc(C(=O)N/N=C\c2cccc(OC(=O)c3ccc(Cl)cc3Cl)c2)c1. The molecule has 1 amide bonds. The van der Waals surface area contributed by atoms with E-state index < -0.39 is 5.97 Å². The van der Waals surface area contributed by atoms with Crippen molar-refractivity contribution >= 4 is 41.3 Å². The summed E-state index contributed by atoms with van der Waals surface area (Å²) in [6, 6.07) is 17.9. The van der Waals surface area contributed by atoms with Crippen LogP contribution in [0.3, 0.4) is 0 Å². The monoisotopic (exact) mass is 442 g/mol. The highest BCUT2D eigenvalue weighted by molar-refractivity contribution is 6.36. The van der Waals surface area contributed by atoms with Gasteiger partial charge in [-0.15, -0.1) is 0 Å². The van der Waals surface area contributed by atoms with E-state index in [4.69, 9.17) is 32.7 Å². The highest BCUT2D eigenvalue weighted by Crippen LogP contribution is 2.23. The van der Waals surface area contributed by atoms with Crippen molar-refractivity contribution in [2.24, 2.45) is 5.10 Å². The van der Waals surface area contributed by atoms with E-state index in [2.05, 4.69) is 10.5 Å². The van der Waals surface area contributed by atoms with Gasteiger partial charge in [-0.25, -0.2) is 10.2 Å². The lowest BCUT2D eigenvalue weighted by molar-refractivity contribution is 0.0734. The molecule has 3 aromatic carbocycles. The number of nitrogens with zero attached hydrogens (tertiary/aromatic N) is 1. The third-order valence-electron chi connectivity index (χ3n) is 3.93. The normalized spacial score (nSPS) is 10.6. The zero-order chi connectivity index (χ0) is 21.5. The quantitative estimate of drug-likeness (QED) is 0.252. The Morgan fingerprint density at radius 3 is 2.50 bits per heavy atom. The number of carbonyl (C=O) groups excluding carboxylic acids is 2. The van der Waals surface area contributed by atoms with Crippen molar-refractivity contribution in [1.82, 2.24) is 5.43 Å². The number of rotatable bonds is 6. The smallest absolute Gasteiger partial charge is 0.345 e. The summed E-state index contributed by atoms with van der Waals surface area (Å²) in [5.41, 5.74) is 3.66. The largest absolute Gasteiger partial charge is 0.497 e. The Bertz CT molecular complexity index is 1120. The van der Waals surface area contributed by atoms with E-state index in [0.717, 1.165) is 0 Å². The molecule has 30 heavy (non-hydrogen) atoms. The van der Waals surface area contributed by atoms with Gasteiger partial charge in [-0.05, 0) is 54.1 Å². The van der Waals surface area contributed by atoms with Crippen LogP contribution >= 0.6 is 23.2 Å². The molecule has 0 bridgehead atoms. The maximum atomic E-state index is 12.3. The van der Waals surface area contributed by atoms with Gasteiger partial charge in [0.1, 0.15) is 11.5 Å². The van der Waals surface area contributed by atoms with Crippen LogP contribution < -0.4 is 14.9 Å². The molecule has 0 unspecified atom stereocenters. The number of amides is 1. The fourth-order valence-corrected chi connectivity index (χ4v) is 2.96. The highest BCUT2D eigenvalue weighted by atomic mass is 35.5. The molecule has 8 heteroatoms. The first-order chi connectivity index (χ1) is 14.5. The molecule has 0 aliphatic carbocycles. The lowest BCUT2D eigenvalue weighted by Gasteiger charge is -2.07. The van der Waals surface area contributed by atoms with Crippen molar-refractivity contribution in [2.75, 3.05) is 7.11 Å². The Labute approximate surface area is 183 Å². The van der Waals surface area contributed by atoms with Crippen molar-refractivity contribution < 1.29 is 19.1 Å². The number of ether oxygens (including phenoxy) is 2. The molecule has 6 nitrogen and oxygen atoms in total. The summed E-state index contributed by atoms with van der Waals surface area (Å²) in [5, 5.41) is 4.56. The van der Waals surface area contributed by atoms with E-state index in [1.54, 1.807) is 54.6 Å². The molecule has 0 fully saturated rings. The standard InChI is InChI=1S/C22H16Cl2N2O4/c1-29-17-6-3-5-15(11-17)21(27)26-25-13-14-4-2-7-18(10-14)30-22(28)19-9-8-16(23)12-20(19)24/h2-13H,1H3,(H,26,27)/b25-13-. The van der Waals surface area contributed by atoms with Crippen molar-refractivity contribution in [3.63, 3.8) is 0 Å². The zero-order valence-corrected chi connectivity index (χ0v) is 17.3. The molecule has 0 aliphatic rings. The lowest BCUT2D eigenvalue weighted by atomic mass is 10.2. The number of methoxy groups -OCH3 is 1. The van der Waals surface area contributed by atoms with E-state index in [1.165, 1.54) is 25.5 Å². The number of hydrogen-bond acceptors (Lipinski definition) is 5. The Balaban J connectivity index is 1.64. The number of halogens is 2. The van der Waals surface area contributed by atoms with E-state index in [0.29, 0.717) is 27.6 Å². The van der Waals surface area contributed by atoms with Crippen LogP contribution in [0.4, 0.5) is 0 Å². The third-order valence-corrected chi connectivity index (χ3v) is 4.48. The summed E-state index contributed by atoms with van der Waals surface area (Å²) in [6.07, 6.45) is 1.44. The molecule has 0 atom stereocenters. The summed E-state index contributed by atoms with van der Waals surface area (Å²) in [7, 11) is 1.52. The second-order valence-electron chi connectivity index (χ2n) is 6.02. The van der Waals surface area contributed by atoms with Gasteiger partial charge in [0, 0.05) is 10.6 Å². The number of hydrazone groups is 1. The first-order valence-electron chi connectivity index (χ1n) is 8.71. The molecule has 0 heterocycles. The first kappa shape index (κ1) is 21.4. The Morgan fingerprint density at radius 2 is 1.73 bits per heavy atom. The van der Waals surface area contributed by atoms with Gasteiger partial charge in [0.2, 0.25) is 0 Å². The lowest BCUT2D eigenvalue weighted by Crippen LogP contribution is -2.17. The van der Waals surface area contributed by atoms with Crippen LogP contribution in [0.5, 0.6) is 11.5 Å². The van der Waals surface area contributed by atoms with Crippen molar-refractivity contribution in [1.29, 1.82) is 0 Å².